The number of anilines is 1. The van der Waals surface area contributed by atoms with Gasteiger partial charge in [0, 0.05) is 25.9 Å². The molecule has 4 atom stereocenters. The minimum atomic E-state index is -4.10. The highest BCUT2D eigenvalue weighted by molar-refractivity contribution is 9.10. The van der Waals surface area contributed by atoms with Crippen molar-refractivity contribution in [3.05, 3.63) is 70.1 Å². The Balaban J connectivity index is 1.49. The van der Waals surface area contributed by atoms with Gasteiger partial charge in [-0.3, -0.25) is 13.7 Å². The molecule has 1 fully saturated rings. The number of carbonyl (C=O) groups excluding carboxylic acids is 1. The van der Waals surface area contributed by atoms with E-state index < -0.39 is 40.4 Å². The van der Waals surface area contributed by atoms with Crippen molar-refractivity contribution in [1.29, 1.82) is 0 Å². The fraction of sp³-hybridized carbons (Fsp3) is 0.333. The number of hydrogen-bond acceptors (Lipinski definition) is 10. The molecule has 0 spiro atoms. The third-order valence-corrected chi connectivity index (χ3v) is 7.22. The number of aliphatic hydroxyl groups is 2. The number of carbonyl (C=O) groups is 1. The molecule has 15 heteroatoms. The zero-order valence-corrected chi connectivity index (χ0v) is 21.1. The van der Waals surface area contributed by atoms with Crippen LogP contribution in [0.4, 0.5) is 10.2 Å². The maximum absolute atomic E-state index is 13.5. The second-order valence-corrected chi connectivity index (χ2v) is 10.4. The number of nitrogens with one attached hydrogen (secondary N) is 2. The zero-order chi connectivity index (χ0) is 26.0. The van der Waals surface area contributed by atoms with E-state index >= 15 is 0 Å². The molecule has 0 aliphatic heterocycles. The topological polar surface area (TPSA) is 169 Å². The van der Waals surface area contributed by atoms with Gasteiger partial charge in [-0.2, -0.15) is 18.2 Å². The molecule has 4 N–H and O–H groups in total. The average Bonchev–Trinajstić information content (AvgIpc) is 3.41. The van der Waals surface area contributed by atoms with Crippen molar-refractivity contribution in [2.45, 2.75) is 37.3 Å². The molecule has 2 heterocycles. The summed E-state index contributed by atoms with van der Waals surface area (Å²) in [6.07, 6.45) is -0.0985. The van der Waals surface area contributed by atoms with Crippen LogP contribution in [0.3, 0.4) is 0 Å². The predicted molar refractivity (Wildman–Crippen MR) is 128 cm³/mol. The van der Waals surface area contributed by atoms with Crippen LogP contribution < -0.4 is 10.0 Å². The molecule has 2 aromatic heterocycles. The molecule has 36 heavy (non-hydrogen) atoms. The third kappa shape index (κ3) is 5.77. The molecule has 1 aliphatic rings. The Morgan fingerprint density at radius 1 is 1.31 bits per heavy atom. The molecule has 1 saturated carbocycles. The van der Waals surface area contributed by atoms with Gasteiger partial charge in [0.05, 0.1) is 22.6 Å². The van der Waals surface area contributed by atoms with Crippen LogP contribution in [0, 0.1) is 5.82 Å². The van der Waals surface area contributed by atoms with Gasteiger partial charge >= 0.3 is 10.3 Å². The molecular formula is C21H22BrFN6O6S. The van der Waals surface area contributed by atoms with Crippen molar-refractivity contribution >= 4 is 37.8 Å². The minimum absolute atomic E-state index is 0.0566. The van der Waals surface area contributed by atoms with Crippen LogP contribution in [-0.4, -0.2) is 75.6 Å². The van der Waals surface area contributed by atoms with Crippen LogP contribution in [0.1, 0.15) is 28.0 Å². The van der Waals surface area contributed by atoms with Crippen LogP contribution in [0.2, 0.25) is 0 Å². The Morgan fingerprint density at radius 2 is 2.08 bits per heavy atom. The summed E-state index contributed by atoms with van der Waals surface area (Å²) in [5, 5.41) is 27.8. The largest absolute Gasteiger partial charge is 0.388 e. The first-order valence-electron chi connectivity index (χ1n) is 10.6. The molecule has 0 amide bonds. The lowest BCUT2D eigenvalue weighted by atomic mass is 10.1. The normalized spacial score (nSPS) is 22.0. The molecule has 1 aromatic carbocycles. The summed E-state index contributed by atoms with van der Waals surface area (Å²) in [4.78, 5) is 21.1. The van der Waals surface area contributed by atoms with Gasteiger partial charge in [-0.15, -0.1) is 0 Å². The number of rotatable bonds is 9. The molecular weight excluding hydrogens is 563 g/mol. The summed E-state index contributed by atoms with van der Waals surface area (Å²) in [5.41, 5.74) is 0.921. The Kier molecular flexibility index (Phi) is 7.77. The SMILES string of the molecule is CNS(=O)(=O)O[C@@H]1C[C@@H](Nc2ncncc2C(=O)c2ccn(Cc3ccc(F)c(Br)c3)n2)[C@H](O)[C@H]1O. The Morgan fingerprint density at radius 3 is 2.81 bits per heavy atom. The molecule has 0 saturated heterocycles. The highest BCUT2D eigenvalue weighted by atomic mass is 79.9. The molecule has 0 radical (unpaired) electrons. The van der Waals surface area contributed by atoms with E-state index in [-0.39, 0.29) is 29.3 Å². The average molecular weight is 585 g/mol. The first-order valence-corrected chi connectivity index (χ1v) is 12.8. The van der Waals surface area contributed by atoms with E-state index in [2.05, 4.69) is 36.3 Å². The summed E-state index contributed by atoms with van der Waals surface area (Å²) in [5.74, 6) is -0.822. The van der Waals surface area contributed by atoms with Gasteiger partial charge < -0.3 is 15.5 Å². The van der Waals surface area contributed by atoms with E-state index in [4.69, 9.17) is 4.18 Å². The van der Waals surface area contributed by atoms with Crippen LogP contribution in [-0.2, 0) is 21.0 Å². The van der Waals surface area contributed by atoms with E-state index in [1.165, 1.54) is 29.3 Å². The first kappa shape index (κ1) is 26.2. The second-order valence-electron chi connectivity index (χ2n) is 8.02. The zero-order valence-electron chi connectivity index (χ0n) is 18.7. The Bertz CT molecular complexity index is 1370. The maximum Gasteiger partial charge on any atom is 0.335 e. The van der Waals surface area contributed by atoms with Crippen molar-refractivity contribution in [3.63, 3.8) is 0 Å². The van der Waals surface area contributed by atoms with Gasteiger partial charge in [0.2, 0.25) is 5.78 Å². The summed E-state index contributed by atoms with van der Waals surface area (Å²) in [6.45, 7) is 0.297. The number of aliphatic hydroxyl groups excluding tert-OH is 2. The molecule has 3 aromatic rings. The van der Waals surface area contributed by atoms with Gasteiger partial charge in [-0.25, -0.2) is 14.4 Å². The highest BCUT2D eigenvalue weighted by Crippen LogP contribution is 2.28. The number of aromatic nitrogens is 4. The molecule has 1 aliphatic carbocycles. The fourth-order valence-corrected chi connectivity index (χ4v) is 4.80. The molecule has 192 valence electrons. The monoisotopic (exact) mass is 584 g/mol. The van der Waals surface area contributed by atoms with Crippen LogP contribution in [0.5, 0.6) is 0 Å². The van der Waals surface area contributed by atoms with Gasteiger partial charge in [0.1, 0.15) is 42.0 Å². The third-order valence-electron chi connectivity index (χ3n) is 5.61. The lowest BCUT2D eigenvalue weighted by molar-refractivity contribution is -0.00882. The number of ketones is 1. The smallest absolute Gasteiger partial charge is 0.335 e. The minimum Gasteiger partial charge on any atom is -0.388 e. The van der Waals surface area contributed by atoms with E-state index in [0.29, 0.717) is 11.0 Å². The van der Waals surface area contributed by atoms with Crippen molar-refractivity contribution < 1.29 is 32.0 Å². The summed E-state index contributed by atoms with van der Waals surface area (Å²) >= 11 is 3.14. The maximum atomic E-state index is 13.5. The van der Waals surface area contributed by atoms with E-state index in [1.54, 1.807) is 18.3 Å². The van der Waals surface area contributed by atoms with E-state index in [9.17, 15) is 27.8 Å². The number of hydrogen-bond donors (Lipinski definition) is 4. The number of halogens is 2. The lowest BCUT2D eigenvalue weighted by Crippen LogP contribution is -2.38. The van der Waals surface area contributed by atoms with Gasteiger partial charge in [-0.05, 0) is 39.7 Å². The molecule has 0 bridgehead atoms. The quantitative estimate of drug-likeness (QED) is 0.261. The van der Waals surface area contributed by atoms with Crippen LogP contribution in [0.15, 0.2) is 47.5 Å². The van der Waals surface area contributed by atoms with Gasteiger partial charge in [0.15, 0.2) is 0 Å². The standard InChI is InChI=1S/C21H22BrFN6O6S/c1-24-36(33,34)35-17-7-16(19(31)20(17)32)27-21-12(8-25-10-26-21)18(30)15-4-5-29(28-15)9-11-2-3-14(23)13(22)6-11/h2-6,8,10,16-17,19-20,24,31-32H,7,9H2,1H3,(H,25,26,27)/t16-,17-,19+,20+/m1/s1. The van der Waals surface area contributed by atoms with Crippen molar-refractivity contribution in [3.8, 4) is 0 Å². The van der Waals surface area contributed by atoms with Gasteiger partial charge in [0.25, 0.3) is 0 Å². The first-order chi connectivity index (χ1) is 17.1. The van der Waals surface area contributed by atoms with E-state index in [0.717, 1.165) is 12.6 Å². The molecule has 12 nitrogen and oxygen atoms in total. The predicted octanol–water partition coefficient (Wildman–Crippen LogP) is 0.609. The second kappa shape index (κ2) is 10.7. The van der Waals surface area contributed by atoms with E-state index in [1.807, 2.05) is 4.72 Å². The van der Waals surface area contributed by atoms with Gasteiger partial charge in [-0.1, -0.05) is 6.07 Å². The van der Waals surface area contributed by atoms with Crippen molar-refractivity contribution in [1.82, 2.24) is 24.5 Å². The summed E-state index contributed by atoms with van der Waals surface area (Å²) in [6, 6.07) is 5.19. The Labute approximate surface area is 213 Å². The van der Waals surface area contributed by atoms with Crippen LogP contribution >= 0.6 is 15.9 Å². The molecule has 0 unspecified atom stereocenters. The highest BCUT2D eigenvalue weighted by Gasteiger charge is 2.44. The fourth-order valence-electron chi connectivity index (χ4n) is 3.76. The van der Waals surface area contributed by atoms with Crippen molar-refractivity contribution in [2.75, 3.05) is 12.4 Å². The van der Waals surface area contributed by atoms with Crippen molar-refractivity contribution in [2.24, 2.45) is 0 Å². The molecule has 4 rings (SSSR count). The van der Waals surface area contributed by atoms with Crippen LogP contribution in [0.25, 0.3) is 0 Å². The summed E-state index contributed by atoms with van der Waals surface area (Å²) in [7, 11) is -2.94. The summed E-state index contributed by atoms with van der Waals surface area (Å²) < 4.78 is 45.5. The number of benzene rings is 1. The Hall–Kier alpha value is -2.82. The number of nitrogens with zero attached hydrogens (tertiary/aromatic N) is 4. The lowest BCUT2D eigenvalue weighted by Gasteiger charge is -2.19.